The second-order valence-electron chi connectivity index (χ2n) is 6.19. The Labute approximate surface area is 176 Å². The van der Waals surface area contributed by atoms with Crippen molar-refractivity contribution in [3.05, 3.63) is 103 Å². The van der Waals surface area contributed by atoms with E-state index in [9.17, 15) is 4.79 Å². The predicted octanol–water partition coefficient (Wildman–Crippen LogP) is 7.20. The monoisotopic (exact) mass is 419 g/mol. The Morgan fingerprint density at radius 2 is 1.32 bits per heavy atom. The highest BCUT2D eigenvalue weighted by atomic mass is 32.2. The molecule has 0 aliphatic heterocycles. The van der Waals surface area contributed by atoms with Gasteiger partial charge in [0.15, 0.2) is 15.6 Å². The molecule has 1 heterocycles. The van der Waals surface area contributed by atoms with Crippen LogP contribution in [0, 0.1) is 0 Å². The van der Waals surface area contributed by atoms with Crippen molar-refractivity contribution in [3.8, 4) is 0 Å². The van der Waals surface area contributed by atoms with Gasteiger partial charge in [-0.1, -0.05) is 71.6 Å². The van der Waals surface area contributed by atoms with Crippen LogP contribution in [-0.4, -0.2) is 5.78 Å². The van der Waals surface area contributed by atoms with E-state index in [2.05, 4.69) is 72.8 Å². The van der Waals surface area contributed by atoms with Gasteiger partial charge in [-0.3, -0.25) is 4.79 Å². The van der Waals surface area contributed by atoms with Gasteiger partial charge < -0.3 is 0 Å². The van der Waals surface area contributed by atoms with Gasteiger partial charge in [-0.15, -0.1) is 0 Å². The predicted molar refractivity (Wildman–Crippen MR) is 120 cm³/mol. The van der Waals surface area contributed by atoms with Crippen LogP contribution in [-0.2, 0) is 10.9 Å². The summed E-state index contributed by atoms with van der Waals surface area (Å²) in [5.41, 5.74) is 0.755. The van der Waals surface area contributed by atoms with Gasteiger partial charge in [0.25, 0.3) is 0 Å². The van der Waals surface area contributed by atoms with Gasteiger partial charge in [-0.05, 0) is 49.4 Å². The molecule has 138 valence electrons. The molecule has 0 saturated carbocycles. The standard InChI is InChI=1S/C24H19OS3/c1-18(25)19-12-14-20(15-13-19)26-23-16-17-24(27-23)28(21-8-4-2-5-9-21)22-10-6-3-7-11-22/h2-17H,1H3/q+1. The summed E-state index contributed by atoms with van der Waals surface area (Å²) >= 11 is 3.59. The minimum atomic E-state index is -0.101. The fraction of sp³-hybridized carbons (Fsp3) is 0.0417. The summed E-state index contributed by atoms with van der Waals surface area (Å²) in [6.45, 7) is 1.60. The molecule has 0 saturated heterocycles. The summed E-state index contributed by atoms with van der Waals surface area (Å²) in [7, 11) is -0.101. The number of Topliss-reactive ketones (excluding diaryl/α,β-unsaturated/α-hetero) is 1. The minimum Gasteiger partial charge on any atom is -0.295 e. The number of ketones is 1. The van der Waals surface area contributed by atoms with Crippen molar-refractivity contribution in [2.75, 3.05) is 0 Å². The molecular weight excluding hydrogens is 400 g/mol. The van der Waals surface area contributed by atoms with E-state index in [4.69, 9.17) is 0 Å². The van der Waals surface area contributed by atoms with Crippen LogP contribution in [0.15, 0.2) is 120 Å². The smallest absolute Gasteiger partial charge is 0.221 e. The molecule has 0 N–H and O–H groups in total. The first-order valence-corrected chi connectivity index (χ1v) is 11.8. The Morgan fingerprint density at radius 3 is 1.86 bits per heavy atom. The topological polar surface area (TPSA) is 17.1 Å². The molecule has 0 unspecified atom stereocenters. The van der Waals surface area contributed by atoms with E-state index in [-0.39, 0.29) is 16.7 Å². The lowest BCUT2D eigenvalue weighted by Crippen LogP contribution is -2.02. The van der Waals surface area contributed by atoms with Gasteiger partial charge >= 0.3 is 0 Å². The Hall–Kier alpha value is -2.27. The van der Waals surface area contributed by atoms with Crippen LogP contribution in [0.4, 0.5) is 0 Å². The molecule has 4 heteroatoms. The second-order valence-corrected chi connectivity index (χ2v) is 10.9. The number of carbonyl (C=O) groups excluding carboxylic acids is 1. The maximum Gasteiger partial charge on any atom is 0.221 e. The Balaban J connectivity index is 1.62. The van der Waals surface area contributed by atoms with E-state index in [1.165, 1.54) is 18.2 Å². The number of benzene rings is 3. The molecule has 0 aliphatic rings. The lowest BCUT2D eigenvalue weighted by molar-refractivity contribution is 0.101. The quantitative estimate of drug-likeness (QED) is 0.243. The van der Waals surface area contributed by atoms with Gasteiger partial charge in [-0.25, -0.2) is 0 Å². The van der Waals surface area contributed by atoms with E-state index in [0.29, 0.717) is 0 Å². The second kappa shape index (κ2) is 8.82. The van der Waals surface area contributed by atoms with Crippen molar-refractivity contribution in [1.82, 2.24) is 0 Å². The third-order valence-electron chi connectivity index (χ3n) is 4.19. The first-order chi connectivity index (χ1) is 13.7. The molecule has 0 aliphatic carbocycles. The molecule has 0 spiro atoms. The van der Waals surface area contributed by atoms with Crippen LogP contribution in [0.5, 0.6) is 0 Å². The van der Waals surface area contributed by atoms with E-state index in [0.717, 1.165) is 10.5 Å². The summed E-state index contributed by atoms with van der Waals surface area (Å²) in [5.74, 6) is 0.102. The average molecular weight is 420 g/mol. The van der Waals surface area contributed by atoms with E-state index < -0.39 is 0 Å². The molecule has 1 aromatic heterocycles. The highest BCUT2D eigenvalue weighted by molar-refractivity contribution is 8.02. The minimum absolute atomic E-state index is 0.101. The van der Waals surface area contributed by atoms with Gasteiger partial charge in [-0.2, -0.15) is 0 Å². The lowest BCUT2D eigenvalue weighted by Gasteiger charge is -2.05. The number of carbonyl (C=O) groups is 1. The third-order valence-corrected chi connectivity index (χ3v) is 8.99. The molecule has 3 aromatic carbocycles. The number of hydrogen-bond acceptors (Lipinski definition) is 3. The van der Waals surface area contributed by atoms with Crippen molar-refractivity contribution in [3.63, 3.8) is 0 Å². The number of hydrogen-bond donors (Lipinski definition) is 0. The molecule has 4 aromatic rings. The van der Waals surface area contributed by atoms with Crippen LogP contribution in [0.3, 0.4) is 0 Å². The summed E-state index contributed by atoms with van der Waals surface area (Å²) in [4.78, 5) is 15.3. The molecular formula is C24H19OS3+. The molecule has 0 atom stereocenters. The lowest BCUT2D eigenvalue weighted by atomic mass is 10.2. The molecule has 0 radical (unpaired) electrons. The normalized spacial score (nSPS) is 10.9. The highest BCUT2D eigenvalue weighted by Gasteiger charge is 2.30. The maximum absolute atomic E-state index is 11.5. The summed E-state index contributed by atoms with van der Waals surface area (Å²) in [6, 6.07) is 33.7. The van der Waals surface area contributed by atoms with Crippen LogP contribution in [0.1, 0.15) is 17.3 Å². The van der Waals surface area contributed by atoms with E-state index in [1.54, 1.807) is 18.7 Å². The van der Waals surface area contributed by atoms with Crippen LogP contribution >= 0.6 is 23.1 Å². The maximum atomic E-state index is 11.5. The van der Waals surface area contributed by atoms with Gasteiger partial charge in [0, 0.05) is 16.5 Å². The fourth-order valence-corrected chi connectivity index (χ4v) is 7.80. The summed E-state index contributed by atoms with van der Waals surface area (Å²) in [6.07, 6.45) is 0. The zero-order valence-corrected chi connectivity index (χ0v) is 17.8. The molecule has 28 heavy (non-hydrogen) atoms. The van der Waals surface area contributed by atoms with Crippen LogP contribution in [0.2, 0.25) is 0 Å². The average Bonchev–Trinajstić information content (AvgIpc) is 3.18. The Kier molecular flexibility index (Phi) is 6.01. The Bertz CT molecular complexity index is 1010. The summed E-state index contributed by atoms with van der Waals surface area (Å²) in [5, 5.41) is 0. The van der Waals surface area contributed by atoms with E-state index >= 15 is 0 Å². The molecule has 0 bridgehead atoms. The molecule has 0 fully saturated rings. The zero-order chi connectivity index (χ0) is 19.3. The molecule has 0 amide bonds. The van der Waals surface area contributed by atoms with E-state index in [1.807, 2.05) is 35.6 Å². The zero-order valence-electron chi connectivity index (χ0n) is 15.4. The van der Waals surface area contributed by atoms with Crippen molar-refractivity contribution >= 4 is 39.8 Å². The van der Waals surface area contributed by atoms with Crippen LogP contribution < -0.4 is 0 Å². The van der Waals surface area contributed by atoms with Crippen molar-refractivity contribution in [1.29, 1.82) is 0 Å². The first kappa shape index (κ1) is 19.1. The first-order valence-electron chi connectivity index (χ1n) is 8.94. The van der Waals surface area contributed by atoms with Gasteiger partial charge in [0.2, 0.25) is 4.21 Å². The van der Waals surface area contributed by atoms with Crippen molar-refractivity contribution in [2.45, 2.75) is 30.0 Å². The summed E-state index contributed by atoms with van der Waals surface area (Å²) < 4.78 is 2.62. The molecule has 4 rings (SSSR count). The Morgan fingerprint density at radius 1 is 0.750 bits per heavy atom. The fourth-order valence-electron chi connectivity index (χ4n) is 2.82. The highest BCUT2D eigenvalue weighted by Crippen LogP contribution is 2.40. The van der Waals surface area contributed by atoms with Crippen molar-refractivity contribution in [2.24, 2.45) is 0 Å². The molecule has 1 nitrogen and oxygen atoms in total. The largest absolute Gasteiger partial charge is 0.295 e. The third kappa shape index (κ3) is 4.41. The SMILES string of the molecule is CC(=O)c1ccc(Sc2ccc([S+](c3ccccc3)c3ccccc3)s2)cc1. The number of thiophene rings is 1. The van der Waals surface area contributed by atoms with Crippen LogP contribution in [0.25, 0.3) is 0 Å². The van der Waals surface area contributed by atoms with Gasteiger partial charge in [0.1, 0.15) is 10.9 Å². The van der Waals surface area contributed by atoms with Crippen molar-refractivity contribution < 1.29 is 4.79 Å². The van der Waals surface area contributed by atoms with Gasteiger partial charge in [0.05, 0.1) is 4.21 Å². The number of rotatable bonds is 6.